The first-order valence-electron chi connectivity index (χ1n) is 5.02. The van der Waals surface area contributed by atoms with Crippen LogP contribution in [0.2, 0.25) is 5.02 Å². The smallest absolute Gasteiger partial charge is 0.0863 e. The molecule has 15 heavy (non-hydrogen) atoms. The molecule has 0 spiro atoms. The van der Waals surface area contributed by atoms with E-state index in [9.17, 15) is 0 Å². The molecule has 0 aliphatic heterocycles. The molecule has 0 aliphatic rings. The third-order valence-corrected chi connectivity index (χ3v) is 2.51. The van der Waals surface area contributed by atoms with Crippen molar-refractivity contribution in [3.05, 3.63) is 34.9 Å². The number of benzene rings is 1. The van der Waals surface area contributed by atoms with Gasteiger partial charge in [0.2, 0.25) is 0 Å². The highest BCUT2D eigenvalue weighted by Crippen LogP contribution is 2.10. The van der Waals surface area contributed by atoms with E-state index in [0.29, 0.717) is 6.54 Å². The van der Waals surface area contributed by atoms with Gasteiger partial charge in [-0.15, -0.1) is 0 Å². The lowest BCUT2D eigenvalue weighted by Crippen LogP contribution is -2.20. The van der Waals surface area contributed by atoms with Gasteiger partial charge in [-0.1, -0.05) is 23.7 Å². The van der Waals surface area contributed by atoms with E-state index in [2.05, 4.69) is 6.07 Å². The summed E-state index contributed by atoms with van der Waals surface area (Å²) in [5.74, 6) is 0. The molecule has 1 aromatic carbocycles. The van der Waals surface area contributed by atoms with Crippen molar-refractivity contribution in [1.29, 1.82) is 5.26 Å². The van der Waals surface area contributed by atoms with E-state index in [1.807, 2.05) is 36.2 Å². The second-order valence-electron chi connectivity index (χ2n) is 3.63. The van der Waals surface area contributed by atoms with Crippen LogP contribution in [-0.2, 0) is 6.42 Å². The van der Waals surface area contributed by atoms with Crippen LogP contribution in [0.15, 0.2) is 24.3 Å². The largest absolute Gasteiger partial charge is 0.294 e. The molecule has 1 rings (SSSR count). The van der Waals surface area contributed by atoms with Crippen molar-refractivity contribution in [2.75, 3.05) is 20.1 Å². The quantitative estimate of drug-likeness (QED) is 0.717. The maximum absolute atomic E-state index is 8.48. The van der Waals surface area contributed by atoms with E-state index in [4.69, 9.17) is 16.9 Å². The highest BCUT2D eigenvalue weighted by molar-refractivity contribution is 6.30. The van der Waals surface area contributed by atoms with E-state index >= 15 is 0 Å². The SMILES string of the molecule is CN(CC#N)CCCc1ccc(Cl)cc1. The van der Waals surface area contributed by atoms with Crippen LogP contribution in [0, 0.1) is 11.3 Å². The molecule has 0 heterocycles. The second-order valence-corrected chi connectivity index (χ2v) is 4.06. The van der Waals surface area contributed by atoms with Crippen molar-refractivity contribution < 1.29 is 0 Å². The number of rotatable bonds is 5. The molecule has 0 atom stereocenters. The van der Waals surface area contributed by atoms with Crippen molar-refractivity contribution in [3.8, 4) is 6.07 Å². The number of hydrogen-bond acceptors (Lipinski definition) is 2. The number of nitrogens with zero attached hydrogens (tertiary/aromatic N) is 2. The van der Waals surface area contributed by atoms with Crippen LogP contribution in [0.4, 0.5) is 0 Å². The predicted molar refractivity (Wildman–Crippen MR) is 62.9 cm³/mol. The molecule has 0 bridgehead atoms. The molecule has 0 aliphatic carbocycles. The Labute approximate surface area is 96.1 Å². The van der Waals surface area contributed by atoms with Crippen molar-refractivity contribution >= 4 is 11.6 Å². The fourth-order valence-electron chi connectivity index (χ4n) is 1.40. The molecule has 0 N–H and O–H groups in total. The van der Waals surface area contributed by atoms with Gasteiger partial charge in [0.25, 0.3) is 0 Å². The Morgan fingerprint density at radius 1 is 1.33 bits per heavy atom. The fraction of sp³-hybridized carbons (Fsp3) is 0.417. The molecule has 0 saturated heterocycles. The number of nitriles is 1. The van der Waals surface area contributed by atoms with Gasteiger partial charge in [-0.05, 0) is 44.1 Å². The fourth-order valence-corrected chi connectivity index (χ4v) is 1.53. The van der Waals surface area contributed by atoms with Gasteiger partial charge in [0.15, 0.2) is 0 Å². The van der Waals surface area contributed by atoms with Crippen LogP contribution in [-0.4, -0.2) is 25.0 Å². The Balaban J connectivity index is 2.26. The summed E-state index contributed by atoms with van der Waals surface area (Å²) >= 11 is 5.79. The van der Waals surface area contributed by atoms with Crippen LogP contribution >= 0.6 is 11.6 Å². The van der Waals surface area contributed by atoms with Crippen LogP contribution in [0.1, 0.15) is 12.0 Å². The van der Waals surface area contributed by atoms with Crippen molar-refractivity contribution in [3.63, 3.8) is 0 Å². The van der Waals surface area contributed by atoms with Gasteiger partial charge in [0.05, 0.1) is 12.6 Å². The summed E-state index contributed by atoms with van der Waals surface area (Å²) in [4.78, 5) is 2.02. The van der Waals surface area contributed by atoms with Gasteiger partial charge in [0, 0.05) is 5.02 Å². The zero-order valence-electron chi connectivity index (χ0n) is 8.91. The average molecular weight is 223 g/mol. The van der Waals surface area contributed by atoms with E-state index in [-0.39, 0.29) is 0 Å². The minimum atomic E-state index is 0.501. The summed E-state index contributed by atoms with van der Waals surface area (Å²) in [6.07, 6.45) is 2.10. The summed E-state index contributed by atoms with van der Waals surface area (Å²) in [6.45, 7) is 1.46. The first kappa shape index (κ1) is 12.0. The second kappa shape index (κ2) is 6.44. The van der Waals surface area contributed by atoms with Crippen LogP contribution in [0.3, 0.4) is 0 Å². The van der Waals surface area contributed by atoms with Crippen molar-refractivity contribution in [2.45, 2.75) is 12.8 Å². The zero-order chi connectivity index (χ0) is 11.1. The van der Waals surface area contributed by atoms with Gasteiger partial charge in [-0.3, -0.25) is 4.90 Å². The zero-order valence-corrected chi connectivity index (χ0v) is 9.67. The lowest BCUT2D eigenvalue weighted by atomic mass is 10.1. The Bertz CT molecular complexity index is 326. The summed E-state index contributed by atoms with van der Waals surface area (Å²) in [5, 5.41) is 9.26. The van der Waals surface area contributed by atoms with E-state index in [0.717, 1.165) is 24.4 Å². The number of halogens is 1. The summed E-state index contributed by atoms with van der Waals surface area (Å²) in [7, 11) is 1.96. The molecule has 0 amide bonds. The topological polar surface area (TPSA) is 27.0 Å². The molecule has 0 unspecified atom stereocenters. The van der Waals surface area contributed by atoms with Gasteiger partial charge in [-0.2, -0.15) is 5.26 Å². The van der Waals surface area contributed by atoms with E-state index in [1.165, 1.54) is 5.56 Å². The lowest BCUT2D eigenvalue weighted by Gasteiger charge is -2.11. The third kappa shape index (κ3) is 4.83. The molecular formula is C12H15ClN2. The molecule has 0 radical (unpaired) electrons. The first-order chi connectivity index (χ1) is 7.22. The van der Waals surface area contributed by atoms with Crippen molar-refractivity contribution in [1.82, 2.24) is 4.90 Å². The normalized spacial score (nSPS) is 10.3. The van der Waals surface area contributed by atoms with Crippen LogP contribution < -0.4 is 0 Å². The minimum Gasteiger partial charge on any atom is -0.294 e. The Morgan fingerprint density at radius 2 is 2.00 bits per heavy atom. The van der Waals surface area contributed by atoms with E-state index < -0.39 is 0 Å². The molecule has 0 saturated carbocycles. The molecule has 80 valence electrons. The maximum atomic E-state index is 8.48. The molecule has 1 aromatic rings. The molecule has 3 heteroatoms. The van der Waals surface area contributed by atoms with Gasteiger partial charge in [0.1, 0.15) is 0 Å². The van der Waals surface area contributed by atoms with Crippen LogP contribution in [0.25, 0.3) is 0 Å². The maximum Gasteiger partial charge on any atom is 0.0863 e. The van der Waals surface area contributed by atoms with E-state index in [1.54, 1.807) is 0 Å². The highest BCUT2D eigenvalue weighted by atomic mass is 35.5. The monoisotopic (exact) mass is 222 g/mol. The number of hydrogen-bond donors (Lipinski definition) is 0. The first-order valence-corrected chi connectivity index (χ1v) is 5.40. The summed E-state index contributed by atoms with van der Waals surface area (Å²) < 4.78 is 0. The molecular weight excluding hydrogens is 208 g/mol. The Hall–Kier alpha value is -1.04. The molecule has 0 aromatic heterocycles. The van der Waals surface area contributed by atoms with Crippen LogP contribution in [0.5, 0.6) is 0 Å². The third-order valence-electron chi connectivity index (χ3n) is 2.26. The average Bonchev–Trinajstić information content (AvgIpc) is 2.21. The lowest BCUT2D eigenvalue weighted by molar-refractivity contribution is 0.368. The minimum absolute atomic E-state index is 0.501. The summed E-state index contributed by atoms with van der Waals surface area (Å²) in [6, 6.07) is 10.1. The molecule has 2 nitrogen and oxygen atoms in total. The Morgan fingerprint density at radius 3 is 2.60 bits per heavy atom. The van der Waals surface area contributed by atoms with Gasteiger partial charge >= 0.3 is 0 Å². The molecule has 0 fully saturated rings. The standard InChI is InChI=1S/C12H15ClN2/c1-15(10-8-14)9-2-3-11-4-6-12(13)7-5-11/h4-7H,2-3,9-10H2,1H3. The predicted octanol–water partition coefficient (Wildman–Crippen LogP) is 2.73. The summed E-state index contributed by atoms with van der Waals surface area (Å²) in [5.41, 5.74) is 1.30. The van der Waals surface area contributed by atoms with Gasteiger partial charge < -0.3 is 0 Å². The Kier molecular flexibility index (Phi) is 5.17. The number of aryl methyl sites for hydroxylation is 1. The van der Waals surface area contributed by atoms with Crippen molar-refractivity contribution in [2.24, 2.45) is 0 Å². The van der Waals surface area contributed by atoms with Gasteiger partial charge in [-0.25, -0.2) is 0 Å². The highest BCUT2D eigenvalue weighted by Gasteiger charge is 1.97.